The summed E-state index contributed by atoms with van der Waals surface area (Å²) in [6.07, 6.45) is -1.22. The van der Waals surface area contributed by atoms with Gasteiger partial charge in [-0.15, -0.1) is 0 Å². The van der Waals surface area contributed by atoms with E-state index in [0.717, 1.165) is 6.42 Å². The molecule has 0 fully saturated rings. The summed E-state index contributed by atoms with van der Waals surface area (Å²) in [7, 11) is 0. The van der Waals surface area contributed by atoms with Gasteiger partial charge in [0.2, 0.25) is 6.43 Å². The summed E-state index contributed by atoms with van der Waals surface area (Å²) < 4.78 is 22.9. The molecule has 0 amide bonds. The van der Waals surface area contributed by atoms with Gasteiger partial charge in [-0.2, -0.15) is 0 Å². The molecule has 0 heterocycles. The van der Waals surface area contributed by atoms with E-state index in [1.165, 1.54) is 0 Å². The smallest absolute Gasteiger partial charge is 0.211 e. The van der Waals surface area contributed by atoms with Crippen LogP contribution in [-0.4, -0.2) is 6.43 Å². The van der Waals surface area contributed by atoms with Gasteiger partial charge in [0.25, 0.3) is 0 Å². The summed E-state index contributed by atoms with van der Waals surface area (Å²) in [6, 6.07) is 0. The summed E-state index contributed by atoms with van der Waals surface area (Å²) in [5.41, 5.74) is 0. The first-order valence-corrected chi connectivity index (χ1v) is 2.95. The van der Waals surface area contributed by atoms with Crippen molar-refractivity contribution in [1.29, 1.82) is 0 Å². The van der Waals surface area contributed by atoms with Gasteiger partial charge < -0.3 is 0 Å². The van der Waals surface area contributed by atoms with E-state index in [2.05, 4.69) is 0 Å². The first-order chi connectivity index (χ1) is 3.66. The van der Waals surface area contributed by atoms with E-state index in [4.69, 9.17) is 0 Å². The molecule has 0 bridgehead atoms. The minimum absolute atomic E-state index is 0.0521. The molecular formula is C6H12F2. The van der Waals surface area contributed by atoms with Crippen molar-refractivity contribution < 1.29 is 8.78 Å². The third-order valence-electron chi connectivity index (χ3n) is 1.28. The minimum Gasteiger partial charge on any atom is -0.211 e. The Hall–Kier alpha value is -0.140. The molecule has 0 aliphatic carbocycles. The highest BCUT2D eigenvalue weighted by molar-refractivity contribution is 4.49. The Balaban J connectivity index is 3.10. The van der Waals surface area contributed by atoms with Crippen LogP contribution in [-0.2, 0) is 0 Å². The van der Waals surface area contributed by atoms with Crippen LogP contribution in [0.5, 0.6) is 0 Å². The van der Waals surface area contributed by atoms with Crippen molar-refractivity contribution in [1.82, 2.24) is 0 Å². The highest BCUT2D eigenvalue weighted by Crippen LogP contribution is 2.12. The maximum Gasteiger partial charge on any atom is 0.238 e. The number of alkyl halides is 2. The normalized spacial score (nSPS) is 14.6. The van der Waals surface area contributed by atoms with Crippen molar-refractivity contribution in [3.05, 3.63) is 0 Å². The molecule has 0 aromatic heterocycles. The fourth-order valence-electron chi connectivity index (χ4n) is 0.471. The number of hydrogen-bond acceptors (Lipinski definition) is 0. The largest absolute Gasteiger partial charge is 0.238 e. The monoisotopic (exact) mass is 122 g/mol. The van der Waals surface area contributed by atoms with E-state index in [-0.39, 0.29) is 12.3 Å². The van der Waals surface area contributed by atoms with E-state index < -0.39 is 6.43 Å². The first kappa shape index (κ1) is 7.86. The van der Waals surface area contributed by atoms with Gasteiger partial charge in [-0.3, -0.25) is 0 Å². The Morgan fingerprint density at radius 1 is 1.38 bits per heavy atom. The van der Waals surface area contributed by atoms with Gasteiger partial charge in [-0.25, -0.2) is 8.78 Å². The molecule has 50 valence electrons. The van der Waals surface area contributed by atoms with Crippen molar-refractivity contribution >= 4 is 0 Å². The zero-order chi connectivity index (χ0) is 6.57. The molecule has 0 saturated carbocycles. The summed E-state index contributed by atoms with van der Waals surface area (Å²) in [5, 5.41) is 0. The molecule has 1 atom stereocenters. The SMILES string of the molecule is CCC(C)CC(F)F. The molecule has 0 aromatic carbocycles. The average molecular weight is 122 g/mol. The van der Waals surface area contributed by atoms with Crippen molar-refractivity contribution in [2.24, 2.45) is 5.92 Å². The van der Waals surface area contributed by atoms with Crippen LogP contribution in [0.1, 0.15) is 26.7 Å². The standard InChI is InChI=1S/C6H12F2/c1-3-5(2)4-6(7)8/h5-6H,3-4H2,1-2H3. The van der Waals surface area contributed by atoms with Crippen LogP contribution in [0.4, 0.5) is 8.78 Å². The molecule has 0 rings (SSSR count). The molecule has 1 unspecified atom stereocenters. The molecule has 2 heteroatoms. The molecule has 8 heavy (non-hydrogen) atoms. The van der Waals surface area contributed by atoms with Gasteiger partial charge in [0.15, 0.2) is 0 Å². The van der Waals surface area contributed by atoms with Crippen molar-refractivity contribution in [2.45, 2.75) is 33.1 Å². The predicted octanol–water partition coefficient (Wildman–Crippen LogP) is 2.69. The fourth-order valence-corrected chi connectivity index (χ4v) is 0.471. The average Bonchev–Trinajstić information content (AvgIpc) is 1.65. The molecule has 0 spiro atoms. The molecule has 0 aliphatic heterocycles. The number of hydrogen-bond donors (Lipinski definition) is 0. The molecular weight excluding hydrogens is 110 g/mol. The van der Waals surface area contributed by atoms with E-state index in [1.54, 1.807) is 0 Å². The van der Waals surface area contributed by atoms with E-state index in [0.29, 0.717) is 0 Å². The highest BCUT2D eigenvalue weighted by atomic mass is 19.3. The third-order valence-corrected chi connectivity index (χ3v) is 1.28. The summed E-state index contributed by atoms with van der Waals surface area (Å²) in [4.78, 5) is 0. The van der Waals surface area contributed by atoms with Crippen LogP contribution in [0, 0.1) is 5.92 Å². The summed E-state index contributed by atoms with van der Waals surface area (Å²) in [6.45, 7) is 3.76. The van der Waals surface area contributed by atoms with Crippen LogP contribution in [0.3, 0.4) is 0 Å². The van der Waals surface area contributed by atoms with Gasteiger partial charge in [0.05, 0.1) is 0 Å². The Labute approximate surface area is 48.9 Å². The topological polar surface area (TPSA) is 0 Å². The quantitative estimate of drug-likeness (QED) is 0.540. The van der Waals surface area contributed by atoms with E-state index >= 15 is 0 Å². The van der Waals surface area contributed by atoms with E-state index in [9.17, 15) is 8.78 Å². The van der Waals surface area contributed by atoms with Crippen LogP contribution in [0.2, 0.25) is 0 Å². The molecule has 0 nitrogen and oxygen atoms in total. The molecule has 0 saturated heterocycles. The number of halogens is 2. The second-order valence-corrected chi connectivity index (χ2v) is 2.14. The van der Waals surface area contributed by atoms with Gasteiger partial charge >= 0.3 is 0 Å². The van der Waals surface area contributed by atoms with Crippen molar-refractivity contribution in [2.75, 3.05) is 0 Å². The highest BCUT2D eigenvalue weighted by Gasteiger charge is 2.06. The predicted molar refractivity (Wildman–Crippen MR) is 30.1 cm³/mol. The van der Waals surface area contributed by atoms with Crippen LogP contribution >= 0.6 is 0 Å². The van der Waals surface area contributed by atoms with Gasteiger partial charge in [-0.1, -0.05) is 20.3 Å². The second kappa shape index (κ2) is 3.81. The fraction of sp³-hybridized carbons (Fsp3) is 1.00. The summed E-state index contributed by atoms with van der Waals surface area (Å²) in [5.74, 6) is 0.176. The Morgan fingerprint density at radius 2 is 1.88 bits per heavy atom. The molecule has 0 aromatic rings. The summed E-state index contributed by atoms with van der Waals surface area (Å²) >= 11 is 0. The van der Waals surface area contributed by atoms with Crippen LogP contribution in [0.15, 0.2) is 0 Å². The van der Waals surface area contributed by atoms with Crippen molar-refractivity contribution in [3.8, 4) is 0 Å². The maximum atomic E-state index is 11.5. The molecule has 0 radical (unpaired) electrons. The van der Waals surface area contributed by atoms with Crippen molar-refractivity contribution in [3.63, 3.8) is 0 Å². The van der Waals surface area contributed by atoms with Crippen LogP contribution in [0.25, 0.3) is 0 Å². The van der Waals surface area contributed by atoms with Gasteiger partial charge in [-0.05, 0) is 5.92 Å². The van der Waals surface area contributed by atoms with Gasteiger partial charge in [0.1, 0.15) is 0 Å². The minimum atomic E-state index is -2.12. The zero-order valence-corrected chi connectivity index (χ0v) is 5.32. The molecule has 0 N–H and O–H groups in total. The Morgan fingerprint density at radius 3 is 2.00 bits per heavy atom. The second-order valence-electron chi connectivity index (χ2n) is 2.14. The Bertz CT molecular complexity index is 52.5. The Kier molecular flexibility index (Phi) is 3.75. The van der Waals surface area contributed by atoms with Gasteiger partial charge in [0, 0.05) is 6.42 Å². The lowest BCUT2D eigenvalue weighted by molar-refractivity contribution is 0.117. The lowest BCUT2D eigenvalue weighted by Gasteiger charge is -2.04. The maximum absolute atomic E-state index is 11.5. The lowest BCUT2D eigenvalue weighted by Crippen LogP contribution is -1.99. The number of rotatable bonds is 3. The lowest BCUT2D eigenvalue weighted by atomic mass is 10.1. The zero-order valence-electron chi connectivity index (χ0n) is 5.32. The molecule has 0 aliphatic rings. The first-order valence-electron chi connectivity index (χ1n) is 2.95. The van der Waals surface area contributed by atoms with E-state index in [1.807, 2.05) is 13.8 Å². The third kappa shape index (κ3) is 4.03. The van der Waals surface area contributed by atoms with Crippen LogP contribution < -0.4 is 0 Å².